The maximum atomic E-state index is 12.1. The Hall–Kier alpha value is -3.56. The standard InChI is InChI=1S/C14H15N.C8H12F2O2.C7H10F2O2.CO2/c1-3-7-13(8-4-1)11-15-12-14-9-5-2-6-10-14;1-3-12-7(11)8(2)4-5(8)6(9)10;1-2-11-7(10)5-3-4(5)6(8)9;2-1-3/h1-10,15H,11-12H2;5-6H,3-4H2,1-2H3;4-6H,2-3H2,1H3;/t;5-,8-;4-,5+;/m.01./s1. The predicted molar refractivity (Wildman–Crippen MR) is 142 cm³/mol. The molecule has 226 valence electrons. The van der Waals surface area contributed by atoms with Gasteiger partial charge in [-0.2, -0.15) is 9.59 Å². The number of nitrogens with one attached hydrogen (secondary N) is 1. The molecular weight excluding hydrogens is 546 g/mol. The molecule has 11 heteroatoms. The summed E-state index contributed by atoms with van der Waals surface area (Å²) in [6.45, 7) is 7.24. The SMILES string of the molecule is CCOC(=O)[C@@]1(C)C[C@H]1C(F)F.CCOC(=O)[C@H]1C[C@H]1C(F)F.O=C=O.c1ccc(CNCc2ccccc2)cc1. The monoisotopic (exact) mass is 583 g/mol. The molecule has 1 N–H and O–H groups in total. The van der Waals surface area contributed by atoms with Crippen molar-refractivity contribution in [2.24, 2.45) is 23.2 Å². The van der Waals surface area contributed by atoms with E-state index in [1.165, 1.54) is 18.1 Å². The molecule has 2 aliphatic carbocycles. The zero-order chi connectivity index (χ0) is 30.8. The van der Waals surface area contributed by atoms with E-state index in [9.17, 15) is 27.2 Å². The molecule has 0 aliphatic heterocycles. The van der Waals surface area contributed by atoms with Gasteiger partial charge in [0.15, 0.2) is 0 Å². The van der Waals surface area contributed by atoms with E-state index in [2.05, 4.69) is 63.3 Å². The van der Waals surface area contributed by atoms with Crippen molar-refractivity contribution in [3.63, 3.8) is 0 Å². The number of alkyl halides is 4. The Morgan fingerprint density at radius 2 is 1.34 bits per heavy atom. The third kappa shape index (κ3) is 13.1. The Bertz CT molecular complexity index is 1030. The third-order valence-corrected chi connectivity index (χ3v) is 6.44. The van der Waals surface area contributed by atoms with Crippen LogP contribution in [-0.2, 0) is 41.7 Å². The fourth-order valence-corrected chi connectivity index (χ4v) is 3.85. The van der Waals surface area contributed by atoms with Gasteiger partial charge in [-0.1, -0.05) is 60.7 Å². The highest BCUT2D eigenvalue weighted by molar-refractivity contribution is 5.80. The number of esters is 2. The normalized spacial score (nSPS) is 21.4. The van der Waals surface area contributed by atoms with Gasteiger partial charge in [-0.15, -0.1) is 0 Å². The Morgan fingerprint density at radius 3 is 1.68 bits per heavy atom. The molecule has 4 atom stereocenters. The predicted octanol–water partition coefficient (Wildman–Crippen LogP) is 5.68. The highest BCUT2D eigenvalue weighted by Crippen LogP contribution is 2.56. The minimum atomic E-state index is -2.40. The summed E-state index contributed by atoms with van der Waals surface area (Å²) < 4.78 is 57.2. The number of halogens is 4. The molecule has 0 unspecified atom stereocenters. The van der Waals surface area contributed by atoms with Crippen molar-refractivity contribution in [3.05, 3.63) is 71.8 Å². The summed E-state index contributed by atoms with van der Waals surface area (Å²) in [5, 5.41) is 3.42. The topological polar surface area (TPSA) is 98.8 Å². The third-order valence-electron chi connectivity index (χ3n) is 6.44. The van der Waals surface area contributed by atoms with Crippen LogP contribution in [0.15, 0.2) is 60.7 Å². The average molecular weight is 584 g/mol. The summed E-state index contributed by atoms with van der Waals surface area (Å²) >= 11 is 0. The van der Waals surface area contributed by atoms with Crippen molar-refractivity contribution in [1.29, 1.82) is 0 Å². The second-order valence-corrected chi connectivity index (χ2v) is 9.53. The van der Waals surface area contributed by atoms with Crippen molar-refractivity contribution in [1.82, 2.24) is 5.32 Å². The van der Waals surface area contributed by atoms with E-state index in [0.29, 0.717) is 0 Å². The Labute approximate surface area is 237 Å². The molecule has 0 amide bonds. The van der Waals surface area contributed by atoms with Crippen LogP contribution in [0.25, 0.3) is 0 Å². The van der Waals surface area contributed by atoms with Crippen LogP contribution in [0.5, 0.6) is 0 Å². The lowest BCUT2D eigenvalue weighted by molar-refractivity contribution is -0.191. The van der Waals surface area contributed by atoms with E-state index in [0.717, 1.165) is 13.1 Å². The molecule has 41 heavy (non-hydrogen) atoms. The van der Waals surface area contributed by atoms with E-state index in [1.807, 2.05) is 12.1 Å². The molecule has 4 rings (SSSR count). The molecule has 0 bridgehead atoms. The lowest BCUT2D eigenvalue weighted by Crippen LogP contribution is -2.20. The van der Waals surface area contributed by atoms with E-state index >= 15 is 0 Å². The molecule has 0 radical (unpaired) electrons. The second kappa shape index (κ2) is 18.7. The van der Waals surface area contributed by atoms with Crippen molar-refractivity contribution in [3.8, 4) is 0 Å². The van der Waals surface area contributed by atoms with Crippen LogP contribution in [0, 0.1) is 23.2 Å². The maximum Gasteiger partial charge on any atom is 0.373 e. The summed E-state index contributed by atoms with van der Waals surface area (Å²) in [5.41, 5.74) is 1.74. The number of hydrogen-bond donors (Lipinski definition) is 1. The van der Waals surface area contributed by atoms with Crippen LogP contribution in [0.3, 0.4) is 0 Å². The molecule has 7 nitrogen and oxygen atoms in total. The van der Waals surface area contributed by atoms with Crippen molar-refractivity contribution >= 4 is 18.1 Å². The number of hydrogen-bond acceptors (Lipinski definition) is 7. The summed E-state index contributed by atoms with van der Waals surface area (Å²) in [4.78, 5) is 38.1. The first-order valence-corrected chi connectivity index (χ1v) is 13.2. The highest BCUT2D eigenvalue weighted by atomic mass is 19.3. The van der Waals surface area contributed by atoms with E-state index in [-0.39, 0.29) is 32.2 Å². The van der Waals surface area contributed by atoms with Crippen molar-refractivity contribution in [2.45, 2.75) is 59.6 Å². The number of carbonyl (C=O) groups excluding carboxylic acids is 4. The van der Waals surface area contributed by atoms with Gasteiger partial charge in [0.05, 0.1) is 24.5 Å². The van der Waals surface area contributed by atoms with Gasteiger partial charge < -0.3 is 14.8 Å². The fourth-order valence-electron chi connectivity index (χ4n) is 3.85. The molecule has 0 saturated heterocycles. The Balaban J connectivity index is 0.000000297. The first-order chi connectivity index (χ1) is 19.5. The van der Waals surface area contributed by atoms with Crippen LogP contribution >= 0.6 is 0 Å². The number of ether oxygens (including phenoxy) is 2. The number of benzene rings is 2. The fraction of sp³-hybridized carbons (Fsp3) is 0.500. The quantitative estimate of drug-likeness (QED) is 0.284. The van der Waals surface area contributed by atoms with Crippen molar-refractivity contribution in [2.75, 3.05) is 13.2 Å². The molecule has 2 saturated carbocycles. The van der Waals surface area contributed by atoms with E-state index in [1.54, 1.807) is 13.8 Å². The smallest absolute Gasteiger partial charge is 0.373 e. The minimum absolute atomic E-state index is 0.250. The molecule has 2 fully saturated rings. The molecule has 2 aromatic rings. The van der Waals surface area contributed by atoms with Gasteiger partial charge in [0, 0.05) is 24.9 Å². The van der Waals surface area contributed by atoms with Gasteiger partial charge in [-0.05, 0) is 44.7 Å². The second-order valence-electron chi connectivity index (χ2n) is 9.53. The maximum absolute atomic E-state index is 12.1. The van der Waals surface area contributed by atoms with E-state index < -0.39 is 48.0 Å². The molecule has 0 heterocycles. The van der Waals surface area contributed by atoms with Crippen LogP contribution < -0.4 is 5.32 Å². The zero-order valence-electron chi connectivity index (χ0n) is 23.4. The van der Waals surface area contributed by atoms with Gasteiger partial charge in [0.25, 0.3) is 0 Å². The lowest BCUT2D eigenvalue weighted by Gasteiger charge is -2.08. The zero-order valence-corrected chi connectivity index (χ0v) is 23.4. The Kier molecular flexibility index (Phi) is 16.2. The summed E-state index contributed by atoms with van der Waals surface area (Å²) in [7, 11) is 0. The van der Waals surface area contributed by atoms with Gasteiger partial charge in [-0.3, -0.25) is 9.59 Å². The average Bonchev–Trinajstić information content (AvgIpc) is 3.87. The van der Waals surface area contributed by atoms with Gasteiger partial charge in [0.2, 0.25) is 12.9 Å². The molecule has 2 aliphatic rings. The van der Waals surface area contributed by atoms with Gasteiger partial charge in [-0.25, -0.2) is 17.6 Å². The molecule has 0 spiro atoms. The van der Waals surface area contributed by atoms with Crippen LogP contribution in [-0.4, -0.2) is 44.2 Å². The van der Waals surface area contributed by atoms with Gasteiger partial charge >= 0.3 is 18.1 Å². The first-order valence-electron chi connectivity index (χ1n) is 13.2. The van der Waals surface area contributed by atoms with Gasteiger partial charge in [0.1, 0.15) is 0 Å². The summed E-state index contributed by atoms with van der Waals surface area (Å²) in [6, 6.07) is 20.9. The number of rotatable bonds is 10. The number of carbonyl (C=O) groups is 2. The summed E-state index contributed by atoms with van der Waals surface area (Å²) in [5.74, 6) is -3.03. The molecule has 2 aromatic carbocycles. The lowest BCUT2D eigenvalue weighted by atomic mass is 10.1. The molecule has 0 aromatic heterocycles. The van der Waals surface area contributed by atoms with Crippen molar-refractivity contribution < 1.29 is 46.2 Å². The highest BCUT2D eigenvalue weighted by Gasteiger charge is 2.61. The first kappa shape index (κ1) is 35.5. The van der Waals surface area contributed by atoms with Crippen LogP contribution in [0.4, 0.5) is 17.6 Å². The Morgan fingerprint density at radius 1 is 0.878 bits per heavy atom. The summed E-state index contributed by atoms with van der Waals surface area (Å²) in [6.07, 6.45) is -3.98. The van der Waals surface area contributed by atoms with E-state index in [4.69, 9.17) is 9.59 Å². The largest absolute Gasteiger partial charge is 0.466 e. The molecular formula is C30H37F4NO6. The minimum Gasteiger partial charge on any atom is -0.466 e. The van der Waals surface area contributed by atoms with Crippen LogP contribution in [0.2, 0.25) is 0 Å². The van der Waals surface area contributed by atoms with Crippen LogP contribution in [0.1, 0.15) is 44.7 Å².